The van der Waals surface area contributed by atoms with Crippen molar-refractivity contribution in [1.82, 2.24) is 14.1 Å². The number of imidazole rings is 1. The van der Waals surface area contributed by atoms with Crippen LogP contribution in [-0.2, 0) is 27.1 Å². The van der Waals surface area contributed by atoms with Gasteiger partial charge in [0.15, 0.2) is 7.28 Å². The van der Waals surface area contributed by atoms with E-state index in [-0.39, 0.29) is 27.1 Å². The monoisotopic (exact) mass is 1100 g/mol. The molecule has 0 saturated heterocycles. The van der Waals surface area contributed by atoms with Gasteiger partial charge in [0.25, 0.3) is 0 Å². The summed E-state index contributed by atoms with van der Waals surface area (Å²) in [6, 6.07) is 60.3. The molecule has 1 N–H and O–H groups in total. The largest absolute Gasteiger partial charge is 0.355 e. The number of para-hydroxylation sites is 1. The van der Waals surface area contributed by atoms with Crippen molar-refractivity contribution < 1.29 is 0 Å². The highest BCUT2D eigenvalue weighted by Gasteiger charge is 2.41. The molecule has 9 aromatic carbocycles. The summed E-state index contributed by atoms with van der Waals surface area (Å²) in [6.07, 6.45) is 4.67. The Morgan fingerprint density at radius 3 is 1.80 bits per heavy atom. The summed E-state index contributed by atoms with van der Waals surface area (Å²) in [5.74, 6) is 0.936. The summed E-state index contributed by atoms with van der Waals surface area (Å²) in [4.78, 5) is 5.58. The van der Waals surface area contributed by atoms with Gasteiger partial charge in [0, 0.05) is 90.5 Å². The maximum absolute atomic E-state index is 5.58. The molecule has 7 heteroatoms. The molecule has 0 saturated carbocycles. The molecule has 0 unspecified atom stereocenters. The maximum Gasteiger partial charge on any atom is 0.198 e. The van der Waals surface area contributed by atoms with Crippen LogP contribution in [0.4, 0.5) is 11.4 Å². The summed E-state index contributed by atoms with van der Waals surface area (Å²) in [6.45, 7) is 26.6. The minimum absolute atomic E-state index is 0.00829. The predicted molar refractivity (Wildman–Crippen MR) is 356 cm³/mol. The van der Waals surface area contributed by atoms with E-state index in [9.17, 15) is 0 Å². The molecule has 0 fully saturated rings. The molecule has 4 nitrogen and oxygen atoms in total. The quantitative estimate of drug-likeness (QED) is 0.174. The lowest BCUT2D eigenvalue weighted by Gasteiger charge is -2.42. The smallest absolute Gasteiger partial charge is 0.198 e. The zero-order valence-electron chi connectivity index (χ0n) is 49.1. The summed E-state index contributed by atoms with van der Waals surface area (Å²) >= 11 is 3.92. The topological polar surface area (TPSA) is 34.8 Å². The molecule has 1 aliphatic heterocycles. The van der Waals surface area contributed by atoms with Crippen molar-refractivity contribution in [1.29, 1.82) is 0 Å². The van der Waals surface area contributed by atoms with Gasteiger partial charge in [-0.2, -0.15) is 0 Å². The van der Waals surface area contributed by atoms with Gasteiger partial charge in [-0.05, 0) is 170 Å². The molecule has 4 aromatic heterocycles. The van der Waals surface area contributed by atoms with Crippen LogP contribution in [0.3, 0.4) is 0 Å². The average Bonchev–Trinajstić information content (AvgIpc) is 3.10. The highest BCUT2D eigenvalue weighted by molar-refractivity contribution is 7.27. The van der Waals surface area contributed by atoms with Crippen molar-refractivity contribution in [2.24, 2.45) is 0 Å². The molecule has 5 heterocycles. The van der Waals surface area contributed by atoms with Crippen molar-refractivity contribution in [3.05, 3.63) is 186 Å². The van der Waals surface area contributed by atoms with Crippen molar-refractivity contribution in [3.63, 3.8) is 0 Å². The number of aromatic nitrogens is 3. The Hall–Kier alpha value is -7.45. The molecule has 0 amide bonds. The molecule has 0 bridgehead atoms. The van der Waals surface area contributed by atoms with Crippen LogP contribution in [-0.4, -0.2) is 21.4 Å². The van der Waals surface area contributed by atoms with Gasteiger partial charge in [-0.1, -0.05) is 160 Å². The number of fused-ring (bicyclic) bond motifs is 15. The number of nitrogens with zero attached hydrogens (tertiary/aromatic N) is 3. The van der Waals surface area contributed by atoms with E-state index in [4.69, 9.17) is 4.98 Å². The van der Waals surface area contributed by atoms with Crippen LogP contribution < -0.4 is 16.2 Å². The van der Waals surface area contributed by atoms with Gasteiger partial charge in [0.2, 0.25) is 0 Å². The second-order valence-electron chi connectivity index (χ2n) is 28.0. The van der Waals surface area contributed by atoms with Gasteiger partial charge in [-0.25, -0.2) is 4.98 Å². The van der Waals surface area contributed by atoms with Crippen molar-refractivity contribution in [2.75, 3.05) is 5.32 Å². The van der Waals surface area contributed by atoms with Gasteiger partial charge in [0.1, 0.15) is 5.82 Å². The van der Waals surface area contributed by atoms with Crippen LogP contribution in [0.25, 0.3) is 107 Å². The molecule has 1 radical (unpaired) electrons. The van der Waals surface area contributed by atoms with E-state index in [0.717, 1.165) is 52.3 Å². The van der Waals surface area contributed by atoms with E-state index in [0.29, 0.717) is 0 Å². The Morgan fingerprint density at radius 2 is 1.12 bits per heavy atom. The number of rotatable bonds is 5. The van der Waals surface area contributed by atoms with Crippen LogP contribution >= 0.6 is 22.7 Å². The van der Waals surface area contributed by atoms with Crippen molar-refractivity contribution in [3.8, 4) is 33.9 Å². The van der Waals surface area contributed by atoms with Crippen LogP contribution in [0.1, 0.15) is 130 Å². The fourth-order valence-corrected chi connectivity index (χ4v) is 17.3. The Morgan fingerprint density at radius 1 is 0.524 bits per heavy atom. The van der Waals surface area contributed by atoms with Crippen LogP contribution in [0, 0.1) is 0 Å². The van der Waals surface area contributed by atoms with Crippen molar-refractivity contribution >= 4 is 125 Å². The number of anilines is 2. The van der Waals surface area contributed by atoms with Gasteiger partial charge in [0.05, 0.1) is 16.6 Å². The molecular weight excluding hydrogens is 1030 g/mol. The molecule has 2 aliphatic carbocycles. The number of thiophene rings is 2. The zero-order chi connectivity index (χ0) is 56.1. The Labute approximate surface area is 490 Å². The fourth-order valence-electron chi connectivity index (χ4n) is 14.8. The summed E-state index contributed by atoms with van der Waals surface area (Å²) in [5.41, 5.74) is 22.6. The van der Waals surface area contributed by atoms with E-state index in [1.54, 1.807) is 0 Å². The van der Waals surface area contributed by atoms with E-state index in [2.05, 4.69) is 256 Å². The fraction of sp³-hybridized carbons (Fsp3) is 0.267. The Kier molecular flexibility index (Phi) is 10.5. The van der Waals surface area contributed by atoms with Crippen LogP contribution in [0.5, 0.6) is 0 Å². The molecule has 16 rings (SSSR count). The first-order valence-corrected chi connectivity index (χ1v) is 31.3. The van der Waals surface area contributed by atoms with E-state index >= 15 is 0 Å². The number of hydrogen-bond donors (Lipinski definition) is 1. The first-order valence-electron chi connectivity index (χ1n) is 29.7. The SMILES string of the molecule is CC(C)(C)c1ccc(Nc2cc3c(cc2-c2c4c5c(c6cc7c(cc6n5-c5cc6c(cc5[B]4)nc(-c4ccccc4)n6-c4ccccc4)C(C)(C)CCC7(C)C)c4c2sc2ccccc24)sc2cc4c(cc23)C(C)(C)CCC4(C)C)cc1. The highest BCUT2D eigenvalue weighted by Crippen LogP contribution is 2.55. The molecule has 0 atom stereocenters. The van der Waals surface area contributed by atoms with Crippen molar-refractivity contribution in [2.45, 2.75) is 129 Å². The standard InChI is InChI=1S/C75H68BN4S2/c1-71(2,3)43-26-28-44(29-27-43)77-56-36-48-47-34-51-54(75(10,11)33-31-72(51,4)5)39-63(47)81-62(48)37-49(56)66-67-68-64(65-46-24-18-19-25-61(46)82-69(65)66)50-35-52-53(74(8,9)32-30-73(52,6)7)38-58(50)80(68)59-41-60-57(40-55(59)76-67)78-70(42-20-14-12-15-21-42)79(60)45-22-16-13-17-23-45/h12-29,34-41,77H,30-33H2,1-11H3. The third-order valence-corrected chi connectivity index (χ3v) is 22.1. The molecule has 3 aliphatic rings. The highest BCUT2D eigenvalue weighted by atomic mass is 32.1. The number of nitrogens with one attached hydrogen (secondary N) is 1. The van der Waals surface area contributed by atoms with Crippen LogP contribution in [0.15, 0.2) is 158 Å². The van der Waals surface area contributed by atoms with Gasteiger partial charge >= 0.3 is 0 Å². The second kappa shape index (κ2) is 17.1. The van der Waals surface area contributed by atoms with Gasteiger partial charge in [-0.3, -0.25) is 4.57 Å². The summed E-state index contributed by atoms with van der Waals surface area (Å²) < 4.78 is 10.4. The van der Waals surface area contributed by atoms with Gasteiger partial charge < -0.3 is 9.88 Å². The minimum atomic E-state index is 0.00829. The zero-order valence-corrected chi connectivity index (χ0v) is 50.7. The number of hydrogen-bond acceptors (Lipinski definition) is 4. The third kappa shape index (κ3) is 7.30. The first kappa shape index (κ1) is 50.3. The first-order chi connectivity index (χ1) is 39.2. The van der Waals surface area contributed by atoms with E-state index in [1.807, 2.05) is 22.7 Å². The third-order valence-electron chi connectivity index (χ3n) is 19.8. The molecule has 403 valence electrons. The lowest BCUT2D eigenvalue weighted by molar-refractivity contribution is 0.332. The van der Waals surface area contributed by atoms with E-state index < -0.39 is 0 Å². The minimum Gasteiger partial charge on any atom is -0.355 e. The lowest BCUT2D eigenvalue weighted by Crippen LogP contribution is -2.37. The lowest BCUT2D eigenvalue weighted by atomic mass is 9.58. The Bertz CT molecular complexity index is 4880. The normalized spacial score (nSPS) is 16.8. The second-order valence-corrected chi connectivity index (χ2v) is 30.1. The van der Waals surface area contributed by atoms with Crippen LogP contribution in [0.2, 0.25) is 0 Å². The van der Waals surface area contributed by atoms with E-state index in [1.165, 1.54) is 131 Å². The molecule has 0 spiro atoms. The Balaban J connectivity index is 1.06. The molecule has 13 aromatic rings. The average molecular weight is 1100 g/mol. The number of benzene rings is 9. The molecular formula is C75H68BN4S2. The molecule has 82 heavy (non-hydrogen) atoms. The maximum atomic E-state index is 5.58. The predicted octanol–water partition coefficient (Wildman–Crippen LogP) is 19.9. The summed E-state index contributed by atoms with van der Waals surface area (Å²) in [5, 5.41) is 12.2. The summed E-state index contributed by atoms with van der Waals surface area (Å²) in [7, 11) is 2.54. The van der Waals surface area contributed by atoms with Gasteiger partial charge in [-0.15, -0.1) is 22.7 Å².